The highest BCUT2D eigenvalue weighted by atomic mass is 16.5. The van der Waals surface area contributed by atoms with Gasteiger partial charge in [-0.05, 0) is 45.2 Å². The average Bonchev–Trinajstić information content (AvgIpc) is 3.13. The van der Waals surface area contributed by atoms with Crippen LogP contribution in [0.2, 0.25) is 0 Å². The van der Waals surface area contributed by atoms with E-state index >= 15 is 0 Å². The second kappa shape index (κ2) is 5.22. The number of nitrogens with zero attached hydrogens (tertiary/aromatic N) is 3. The lowest BCUT2D eigenvalue weighted by molar-refractivity contribution is 0.135. The molecular weight excluding hydrogens is 294 g/mol. The van der Waals surface area contributed by atoms with Crippen LogP contribution in [0.5, 0.6) is 5.75 Å². The molecule has 0 radical (unpaired) electrons. The summed E-state index contributed by atoms with van der Waals surface area (Å²) in [6, 6.07) is 6.21. The maximum absolute atomic E-state index is 6.03. The van der Waals surface area contributed by atoms with Crippen LogP contribution < -0.4 is 4.74 Å². The number of benzene rings is 1. The van der Waals surface area contributed by atoms with Crippen LogP contribution in [0.4, 0.5) is 0 Å². The summed E-state index contributed by atoms with van der Waals surface area (Å²) < 4.78 is 16.6. The van der Waals surface area contributed by atoms with Gasteiger partial charge >= 0.3 is 0 Å². The van der Waals surface area contributed by atoms with Crippen LogP contribution in [0.1, 0.15) is 41.0 Å². The average molecular weight is 311 g/mol. The number of hydrogen-bond donors (Lipinski definition) is 0. The Morgan fingerprint density at radius 1 is 1.09 bits per heavy atom. The molecule has 4 rings (SSSR count). The van der Waals surface area contributed by atoms with E-state index < -0.39 is 0 Å². The molecule has 118 valence electrons. The smallest absolute Gasteiger partial charge is 0.268 e. The summed E-state index contributed by atoms with van der Waals surface area (Å²) in [5.74, 6) is 2.56. The van der Waals surface area contributed by atoms with Crippen molar-refractivity contribution in [3.8, 4) is 17.1 Å². The molecule has 0 saturated heterocycles. The number of aromatic nitrogens is 3. The zero-order valence-electron chi connectivity index (χ0n) is 13.3. The molecule has 2 aromatic heterocycles. The fourth-order valence-electron chi connectivity index (χ4n) is 2.96. The first-order valence-electron chi connectivity index (χ1n) is 7.65. The van der Waals surface area contributed by atoms with Crippen molar-refractivity contribution in [3.05, 3.63) is 46.7 Å². The third kappa shape index (κ3) is 2.40. The van der Waals surface area contributed by atoms with Crippen LogP contribution in [0, 0.1) is 20.8 Å². The largest absolute Gasteiger partial charge is 0.480 e. The second-order valence-corrected chi connectivity index (χ2v) is 5.91. The third-order valence-corrected chi connectivity index (χ3v) is 4.14. The fourth-order valence-corrected chi connectivity index (χ4v) is 2.96. The standard InChI is InChI=1S/C17H17N3O3/c1-9-4-6-13-12(8-9)5-7-14(21-13)17-18-16(20-23-17)15-10(2)19-22-11(15)3/h4,6,8,14H,5,7H2,1-3H3. The van der Waals surface area contributed by atoms with Crippen LogP contribution >= 0.6 is 0 Å². The molecule has 23 heavy (non-hydrogen) atoms. The maximum Gasteiger partial charge on any atom is 0.268 e. The van der Waals surface area contributed by atoms with Crippen molar-refractivity contribution in [3.63, 3.8) is 0 Å². The van der Waals surface area contributed by atoms with Gasteiger partial charge in [-0.3, -0.25) is 0 Å². The molecular formula is C17H17N3O3. The first-order valence-corrected chi connectivity index (χ1v) is 7.65. The van der Waals surface area contributed by atoms with E-state index in [0.29, 0.717) is 17.5 Å². The van der Waals surface area contributed by atoms with Gasteiger partial charge < -0.3 is 13.8 Å². The van der Waals surface area contributed by atoms with E-state index in [4.69, 9.17) is 13.8 Å². The SMILES string of the molecule is Cc1ccc2c(c1)CCC(c1nc(-c3c(C)noc3C)no1)O2. The molecule has 6 heteroatoms. The van der Waals surface area contributed by atoms with Crippen molar-refractivity contribution in [1.29, 1.82) is 0 Å². The van der Waals surface area contributed by atoms with E-state index in [1.54, 1.807) is 0 Å². The van der Waals surface area contributed by atoms with E-state index in [9.17, 15) is 0 Å². The Morgan fingerprint density at radius 3 is 2.74 bits per heavy atom. The molecule has 0 saturated carbocycles. The Balaban J connectivity index is 1.62. The van der Waals surface area contributed by atoms with Crippen LogP contribution in [0.25, 0.3) is 11.4 Å². The van der Waals surface area contributed by atoms with E-state index in [1.807, 2.05) is 26.0 Å². The van der Waals surface area contributed by atoms with E-state index in [-0.39, 0.29) is 6.10 Å². The molecule has 1 atom stereocenters. The minimum Gasteiger partial charge on any atom is -0.480 e. The Morgan fingerprint density at radius 2 is 1.96 bits per heavy atom. The van der Waals surface area contributed by atoms with Gasteiger partial charge in [0.05, 0.1) is 11.3 Å². The number of aryl methyl sites for hydroxylation is 4. The second-order valence-electron chi connectivity index (χ2n) is 5.91. The van der Waals surface area contributed by atoms with Gasteiger partial charge in [0.15, 0.2) is 6.10 Å². The summed E-state index contributed by atoms with van der Waals surface area (Å²) in [6.07, 6.45) is 1.54. The summed E-state index contributed by atoms with van der Waals surface area (Å²) in [5.41, 5.74) is 4.00. The van der Waals surface area contributed by atoms with Gasteiger partial charge in [0, 0.05) is 0 Å². The van der Waals surface area contributed by atoms with Gasteiger partial charge in [0.1, 0.15) is 11.5 Å². The van der Waals surface area contributed by atoms with Gasteiger partial charge in [-0.1, -0.05) is 28.0 Å². The van der Waals surface area contributed by atoms with Crippen molar-refractivity contribution in [1.82, 2.24) is 15.3 Å². The van der Waals surface area contributed by atoms with Crippen LogP contribution in [0.3, 0.4) is 0 Å². The van der Waals surface area contributed by atoms with E-state index in [0.717, 1.165) is 29.8 Å². The number of rotatable bonds is 2. The molecule has 0 bridgehead atoms. The molecule has 3 heterocycles. The van der Waals surface area contributed by atoms with Crippen molar-refractivity contribution in [2.24, 2.45) is 0 Å². The highest BCUT2D eigenvalue weighted by Crippen LogP contribution is 2.35. The molecule has 1 aliphatic heterocycles. The van der Waals surface area contributed by atoms with Crippen LogP contribution in [-0.2, 0) is 6.42 Å². The van der Waals surface area contributed by atoms with Crippen LogP contribution in [0.15, 0.2) is 27.2 Å². The van der Waals surface area contributed by atoms with Gasteiger partial charge in [-0.15, -0.1) is 0 Å². The topological polar surface area (TPSA) is 74.2 Å². The Bertz CT molecular complexity index is 846. The van der Waals surface area contributed by atoms with Gasteiger partial charge in [0.2, 0.25) is 5.82 Å². The maximum atomic E-state index is 6.03. The predicted octanol–water partition coefficient (Wildman–Crippen LogP) is 3.72. The molecule has 0 spiro atoms. The lowest BCUT2D eigenvalue weighted by Crippen LogP contribution is -2.15. The predicted molar refractivity (Wildman–Crippen MR) is 82.1 cm³/mol. The molecule has 1 unspecified atom stereocenters. The molecule has 0 fully saturated rings. The minimum absolute atomic E-state index is 0.216. The number of hydrogen-bond acceptors (Lipinski definition) is 6. The summed E-state index contributed by atoms with van der Waals surface area (Å²) in [4.78, 5) is 4.49. The molecule has 0 N–H and O–H groups in total. The van der Waals surface area contributed by atoms with E-state index in [2.05, 4.69) is 28.3 Å². The summed E-state index contributed by atoms with van der Waals surface area (Å²) in [7, 11) is 0. The Hall–Kier alpha value is -2.63. The van der Waals surface area contributed by atoms with Crippen LogP contribution in [-0.4, -0.2) is 15.3 Å². The number of fused-ring (bicyclic) bond motifs is 1. The lowest BCUT2D eigenvalue weighted by Gasteiger charge is -2.23. The Labute approximate surface area is 133 Å². The highest BCUT2D eigenvalue weighted by molar-refractivity contribution is 5.59. The van der Waals surface area contributed by atoms with Crippen molar-refractivity contribution < 1.29 is 13.8 Å². The van der Waals surface area contributed by atoms with Gasteiger partial charge in [0.25, 0.3) is 5.89 Å². The normalized spacial score (nSPS) is 16.9. The summed E-state index contributed by atoms with van der Waals surface area (Å²) in [5, 5.41) is 7.98. The quantitative estimate of drug-likeness (QED) is 0.718. The first-order chi connectivity index (χ1) is 11.1. The van der Waals surface area contributed by atoms with E-state index in [1.165, 1.54) is 11.1 Å². The molecule has 1 aliphatic rings. The molecule has 0 aliphatic carbocycles. The molecule has 3 aromatic rings. The highest BCUT2D eigenvalue weighted by Gasteiger charge is 2.27. The first kappa shape index (κ1) is 14.0. The molecule has 1 aromatic carbocycles. The molecule has 6 nitrogen and oxygen atoms in total. The zero-order valence-corrected chi connectivity index (χ0v) is 13.3. The molecule has 0 amide bonds. The Kier molecular flexibility index (Phi) is 3.18. The fraction of sp³-hybridized carbons (Fsp3) is 0.353. The van der Waals surface area contributed by atoms with Crippen molar-refractivity contribution in [2.45, 2.75) is 39.7 Å². The summed E-state index contributed by atoms with van der Waals surface area (Å²) in [6.45, 7) is 5.78. The monoisotopic (exact) mass is 311 g/mol. The summed E-state index contributed by atoms with van der Waals surface area (Å²) >= 11 is 0. The lowest BCUT2D eigenvalue weighted by atomic mass is 10.0. The minimum atomic E-state index is -0.216. The van der Waals surface area contributed by atoms with Gasteiger partial charge in [-0.2, -0.15) is 4.98 Å². The van der Waals surface area contributed by atoms with Gasteiger partial charge in [-0.25, -0.2) is 0 Å². The van der Waals surface area contributed by atoms with Crippen molar-refractivity contribution in [2.75, 3.05) is 0 Å². The van der Waals surface area contributed by atoms with Crippen molar-refractivity contribution >= 4 is 0 Å². The third-order valence-electron chi connectivity index (χ3n) is 4.14. The zero-order chi connectivity index (χ0) is 16.0. The number of ether oxygens (including phenoxy) is 1.